The summed E-state index contributed by atoms with van der Waals surface area (Å²) in [5.41, 5.74) is 1.38. The van der Waals surface area contributed by atoms with Gasteiger partial charge in [0, 0.05) is 18.5 Å². The standard InChI is InChI=1S/C24H25NO3S/c1-24(2,3)21(26)15-22-25(4)23(27)20(29-22)14-18-11-8-12-19(13-18)28-16-17-9-6-5-7-10-17/h5-15H,16H2,1-4H3/b20-14+,22-15-. The third-order valence-electron chi connectivity index (χ3n) is 4.46. The number of aromatic nitrogens is 1. The molecule has 0 radical (unpaired) electrons. The Hall–Kier alpha value is -2.92. The highest BCUT2D eigenvalue weighted by atomic mass is 32.1. The lowest BCUT2D eigenvalue weighted by atomic mass is 9.91. The van der Waals surface area contributed by atoms with Crippen LogP contribution in [0.2, 0.25) is 0 Å². The molecular formula is C24H25NO3S. The SMILES string of the molecule is Cn1c(=O)/c(=C\c2cccc(OCc3ccccc3)c2)s/c1=C\C(=O)C(C)(C)C. The van der Waals surface area contributed by atoms with E-state index in [0.717, 1.165) is 16.9 Å². The zero-order chi connectivity index (χ0) is 21.0. The van der Waals surface area contributed by atoms with Crippen LogP contribution in [0.4, 0.5) is 0 Å². The molecule has 1 aromatic heterocycles. The minimum atomic E-state index is -0.478. The van der Waals surface area contributed by atoms with Gasteiger partial charge in [-0.1, -0.05) is 63.2 Å². The normalized spacial score (nSPS) is 13.0. The van der Waals surface area contributed by atoms with Gasteiger partial charge >= 0.3 is 0 Å². The Bertz CT molecular complexity index is 1180. The first-order chi connectivity index (χ1) is 13.7. The van der Waals surface area contributed by atoms with Crippen molar-refractivity contribution >= 4 is 29.3 Å². The summed E-state index contributed by atoms with van der Waals surface area (Å²) < 4.78 is 8.63. The van der Waals surface area contributed by atoms with Crippen LogP contribution in [-0.4, -0.2) is 10.4 Å². The van der Waals surface area contributed by atoms with Gasteiger partial charge < -0.3 is 9.30 Å². The van der Waals surface area contributed by atoms with Gasteiger partial charge in [0.15, 0.2) is 5.78 Å². The van der Waals surface area contributed by atoms with Gasteiger partial charge in [-0.05, 0) is 29.3 Å². The van der Waals surface area contributed by atoms with E-state index < -0.39 is 5.41 Å². The highest BCUT2D eigenvalue weighted by Crippen LogP contribution is 2.16. The number of ether oxygens (including phenoxy) is 1. The van der Waals surface area contributed by atoms with E-state index >= 15 is 0 Å². The van der Waals surface area contributed by atoms with Crippen molar-refractivity contribution in [3.8, 4) is 5.75 Å². The predicted octanol–water partition coefficient (Wildman–Crippen LogP) is 3.25. The van der Waals surface area contributed by atoms with Crippen LogP contribution >= 0.6 is 11.3 Å². The Morgan fingerprint density at radius 1 is 1.10 bits per heavy atom. The topological polar surface area (TPSA) is 48.3 Å². The zero-order valence-corrected chi connectivity index (χ0v) is 18.0. The van der Waals surface area contributed by atoms with Crippen LogP contribution in [-0.2, 0) is 18.4 Å². The van der Waals surface area contributed by atoms with Crippen molar-refractivity contribution in [1.29, 1.82) is 0 Å². The van der Waals surface area contributed by atoms with Crippen molar-refractivity contribution in [2.75, 3.05) is 0 Å². The molecule has 0 aliphatic heterocycles. The smallest absolute Gasteiger partial charge is 0.268 e. The Morgan fingerprint density at radius 3 is 2.52 bits per heavy atom. The van der Waals surface area contributed by atoms with Gasteiger partial charge in [-0.15, -0.1) is 11.3 Å². The van der Waals surface area contributed by atoms with E-state index in [1.165, 1.54) is 15.9 Å². The zero-order valence-electron chi connectivity index (χ0n) is 17.1. The third kappa shape index (κ3) is 5.33. The largest absolute Gasteiger partial charge is 0.489 e. The molecule has 29 heavy (non-hydrogen) atoms. The Balaban J connectivity index is 1.89. The molecule has 0 atom stereocenters. The van der Waals surface area contributed by atoms with E-state index in [4.69, 9.17) is 4.74 Å². The summed E-state index contributed by atoms with van der Waals surface area (Å²) in [6.45, 7) is 6.08. The van der Waals surface area contributed by atoms with Gasteiger partial charge in [0.1, 0.15) is 17.0 Å². The number of nitrogens with zero attached hydrogens (tertiary/aromatic N) is 1. The summed E-state index contributed by atoms with van der Waals surface area (Å²) in [7, 11) is 1.69. The lowest BCUT2D eigenvalue weighted by Gasteiger charge is -2.12. The number of hydrogen-bond acceptors (Lipinski definition) is 4. The van der Waals surface area contributed by atoms with Gasteiger partial charge in [0.25, 0.3) is 5.56 Å². The van der Waals surface area contributed by atoms with E-state index in [1.54, 1.807) is 13.1 Å². The highest BCUT2D eigenvalue weighted by Gasteiger charge is 2.19. The maximum Gasteiger partial charge on any atom is 0.268 e. The summed E-state index contributed by atoms with van der Waals surface area (Å²) in [5.74, 6) is 0.739. The average Bonchev–Trinajstić information content (AvgIpc) is 2.94. The number of carbonyl (C=O) groups is 1. The molecule has 0 aliphatic carbocycles. The number of Topliss-reactive ketones (excluding diaryl/α,β-unsaturated/α-hetero) is 1. The van der Waals surface area contributed by atoms with Gasteiger partial charge in [-0.3, -0.25) is 9.59 Å². The van der Waals surface area contributed by atoms with E-state index in [1.807, 2.05) is 81.4 Å². The van der Waals surface area contributed by atoms with Gasteiger partial charge in [-0.2, -0.15) is 0 Å². The second-order valence-corrected chi connectivity index (χ2v) is 8.98. The van der Waals surface area contributed by atoms with Crippen LogP contribution in [0.3, 0.4) is 0 Å². The quantitative estimate of drug-likeness (QED) is 0.652. The first-order valence-electron chi connectivity index (χ1n) is 9.44. The number of hydrogen-bond donors (Lipinski definition) is 0. The van der Waals surface area contributed by atoms with Crippen LogP contribution in [0.25, 0.3) is 12.2 Å². The molecule has 4 nitrogen and oxygen atoms in total. The number of thiazole rings is 1. The molecule has 1 heterocycles. The minimum absolute atomic E-state index is 0.00258. The van der Waals surface area contributed by atoms with E-state index in [-0.39, 0.29) is 11.3 Å². The summed E-state index contributed by atoms with van der Waals surface area (Å²) in [6, 6.07) is 17.6. The van der Waals surface area contributed by atoms with Crippen molar-refractivity contribution in [1.82, 2.24) is 4.57 Å². The van der Waals surface area contributed by atoms with Crippen molar-refractivity contribution in [3.63, 3.8) is 0 Å². The molecule has 3 rings (SSSR count). The molecule has 0 N–H and O–H groups in total. The molecule has 150 valence electrons. The van der Waals surface area contributed by atoms with Crippen molar-refractivity contribution in [2.24, 2.45) is 12.5 Å². The maximum atomic E-state index is 12.6. The van der Waals surface area contributed by atoms with Crippen LogP contribution < -0.4 is 19.5 Å². The highest BCUT2D eigenvalue weighted by molar-refractivity contribution is 7.07. The molecule has 0 bridgehead atoms. The second kappa shape index (κ2) is 8.62. The molecule has 0 saturated carbocycles. The Morgan fingerprint density at radius 2 is 1.83 bits per heavy atom. The molecule has 0 aliphatic rings. The molecule has 3 aromatic rings. The predicted molar refractivity (Wildman–Crippen MR) is 119 cm³/mol. The van der Waals surface area contributed by atoms with E-state index in [0.29, 0.717) is 15.8 Å². The molecule has 0 spiro atoms. The Kier molecular flexibility index (Phi) is 6.18. The van der Waals surface area contributed by atoms with E-state index in [2.05, 4.69) is 0 Å². The van der Waals surface area contributed by atoms with Gasteiger partial charge in [-0.25, -0.2) is 0 Å². The molecular weight excluding hydrogens is 382 g/mol. The Labute approximate surface area is 174 Å². The summed E-state index contributed by atoms with van der Waals surface area (Å²) in [5, 5.41) is 0. The molecule has 5 heteroatoms. The number of ketones is 1. The molecule has 0 amide bonds. The van der Waals surface area contributed by atoms with Gasteiger partial charge in [0.2, 0.25) is 0 Å². The van der Waals surface area contributed by atoms with Gasteiger partial charge in [0.05, 0.1) is 4.53 Å². The summed E-state index contributed by atoms with van der Waals surface area (Å²) in [4.78, 5) is 24.9. The first-order valence-corrected chi connectivity index (χ1v) is 10.3. The maximum absolute atomic E-state index is 12.6. The van der Waals surface area contributed by atoms with Crippen molar-refractivity contribution < 1.29 is 9.53 Å². The fourth-order valence-corrected chi connectivity index (χ4v) is 3.65. The molecule has 0 unspecified atom stereocenters. The van der Waals surface area contributed by atoms with Crippen LogP contribution in [0, 0.1) is 5.41 Å². The van der Waals surface area contributed by atoms with Crippen molar-refractivity contribution in [3.05, 3.63) is 85.3 Å². The minimum Gasteiger partial charge on any atom is -0.489 e. The third-order valence-corrected chi connectivity index (χ3v) is 5.57. The summed E-state index contributed by atoms with van der Waals surface area (Å²) >= 11 is 1.32. The number of rotatable bonds is 5. The fraction of sp³-hybridized carbons (Fsp3) is 0.250. The molecule has 0 fully saturated rings. The summed E-state index contributed by atoms with van der Waals surface area (Å²) in [6.07, 6.45) is 3.39. The second-order valence-electron chi connectivity index (χ2n) is 7.92. The lowest BCUT2D eigenvalue weighted by molar-refractivity contribution is -0.120. The first kappa shape index (κ1) is 20.8. The van der Waals surface area contributed by atoms with Crippen LogP contribution in [0.15, 0.2) is 59.4 Å². The van der Waals surface area contributed by atoms with Crippen LogP contribution in [0.1, 0.15) is 31.9 Å². The fourth-order valence-electron chi connectivity index (χ4n) is 2.62. The number of benzene rings is 2. The lowest BCUT2D eigenvalue weighted by Crippen LogP contribution is -2.30. The molecule has 2 aromatic carbocycles. The monoisotopic (exact) mass is 407 g/mol. The molecule has 0 saturated heterocycles. The average molecular weight is 408 g/mol. The van der Waals surface area contributed by atoms with E-state index in [9.17, 15) is 9.59 Å². The van der Waals surface area contributed by atoms with Crippen LogP contribution in [0.5, 0.6) is 5.75 Å². The van der Waals surface area contributed by atoms with Crippen molar-refractivity contribution in [2.45, 2.75) is 27.4 Å². The number of carbonyl (C=O) groups excluding carboxylic acids is 1.